The van der Waals surface area contributed by atoms with E-state index in [9.17, 15) is 14.7 Å². The lowest BCUT2D eigenvalue weighted by Gasteiger charge is -2.16. The summed E-state index contributed by atoms with van der Waals surface area (Å²) in [6, 6.07) is 6.76. The summed E-state index contributed by atoms with van der Waals surface area (Å²) in [6.45, 7) is 1.51. The Bertz CT molecular complexity index is 809. The number of hydrogen-bond acceptors (Lipinski definition) is 5. The molecule has 0 aliphatic carbocycles. The maximum absolute atomic E-state index is 11.9. The smallest absolute Gasteiger partial charge is 0.336 e. The fourth-order valence-corrected chi connectivity index (χ4v) is 3.26. The van der Waals surface area contributed by atoms with Crippen LogP contribution < -0.4 is 0 Å². The number of carbonyl (C=O) groups excluding carboxylic acids is 1. The van der Waals surface area contributed by atoms with Crippen molar-refractivity contribution in [1.29, 1.82) is 0 Å². The summed E-state index contributed by atoms with van der Waals surface area (Å²) in [4.78, 5) is 34.0. The fourth-order valence-electron chi connectivity index (χ4n) is 3.26. The Morgan fingerprint density at radius 1 is 1.31 bits per heavy atom. The first-order valence-electron chi connectivity index (χ1n) is 8.49. The third kappa shape index (κ3) is 4.05. The van der Waals surface area contributed by atoms with Gasteiger partial charge in [-0.15, -0.1) is 0 Å². The fraction of sp³-hybridized carbons (Fsp3) is 0.368. The molecule has 0 radical (unpaired) electrons. The van der Waals surface area contributed by atoms with Crippen LogP contribution in [0.15, 0.2) is 36.7 Å². The molecule has 1 amide bonds. The highest BCUT2D eigenvalue weighted by Gasteiger charge is 2.26. The summed E-state index contributed by atoms with van der Waals surface area (Å²) in [5, 5.41) is 9.36. The van der Waals surface area contributed by atoms with Crippen LogP contribution >= 0.6 is 0 Å². The molecule has 1 aliphatic rings. The van der Waals surface area contributed by atoms with Crippen LogP contribution in [0, 0.1) is 5.92 Å². The maximum atomic E-state index is 11.9. The van der Waals surface area contributed by atoms with Gasteiger partial charge in [0, 0.05) is 32.0 Å². The number of ether oxygens (including phenoxy) is 1. The predicted octanol–water partition coefficient (Wildman–Crippen LogP) is 1.88. The monoisotopic (exact) mass is 355 g/mol. The topological polar surface area (TPSA) is 92.6 Å². The van der Waals surface area contributed by atoms with E-state index >= 15 is 0 Å². The third-order valence-corrected chi connectivity index (χ3v) is 4.52. The molecule has 1 aliphatic heterocycles. The molecule has 1 aromatic heterocycles. The van der Waals surface area contributed by atoms with Crippen LogP contribution in [0.2, 0.25) is 0 Å². The highest BCUT2D eigenvalue weighted by atomic mass is 16.5. The van der Waals surface area contributed by atoms with Gasteiger partial charge in [-0.2, -0.15) is 0 Å². The lowest BCUT2D eigenvalue weighted by Crippen LogP contribution is -2.31. The van der Waals surface area contributed by atoms with Crippen molar-refractivity contribution >= 4 is 11.9 Å². The molecule has 0 spiro atoms. The Kier molecular flexibility index (Phi) is 5.58. The predicted molar refractivity (Wildman–Crippen MR) is 94.7 cm³/mol. The van der Waals surface area contributed by atoms with E-state index in [4.69, 9.17) is 4.74 Å². The van der Waals surface area contributed by atoms with Crippen LogP contribution in [0.1, 0.15) is 22.5 Å². The Hall–Kier alpha value is -2.80. The number of likely N-dealkylation sites (tertiary alicyclic amines) is 1. The van der Waals surface area contributed by atoms with E-state index in [0.717, 1.165) is 18.7 Å². The van der Waals surface area contributed by atoms with Gasteiger partial charge in [-0.05, 0) is 24.8 Å². The number of aromatic carboxylic acids is 1. The summed E-state index contributed by atoms with van der Waals surface area (Å²) in [5.41, 5.74) is 2.10. The number of carboxylic acid groups (broad SMARTS) is 1. The second-order valence-electron chi connectivity index (χ2n) is 6.38. The van der Waals surface area contributed by atoms with Crippen LogP contribution in [-0.4, -0.2) is 58.7 Å². The van der Waals surface area contributed by atoms with E-state index < -0.39 is 5.97 Å². The SMILES string of the molecule is COCC(=O)N1CCC(Cc2cncc(-c3ccccc3C(=O)O)n2)C1. The number of benzene rings is 1. The van der Waals surface area contributed by atoms with Crippen LogP contribution in [0.3, 0.4) is 0 Å². The molecule has 2 aromatic rings. The largest absolute Gasteiger partial charge is 0.478 e. The highest BCUT2D eigenvalue weighted by Crippen LogP contribution is 2.24. The zero-order chi connectivity index (χ0) is 18.5. The summed E-state index contributed by atoms with van der Waals surface area (Å²) < 4.78 is 4.90. The molecule has 1 atom stereocenters. The first kappa shape index (κ1) is 18.0. The van der Waals surface area contributed by atoms with E-state index in [1.54, 1.807) is 36.7 Å². The van der Waals surface area contributed by atoms with Crippen molar-refractivity contribution in [1.82, 2.24) is 14.9 Å². The zero-order valence-corrected chi connectivity index (χ0v) is 14.6. The first-order valence-corrected chi connectivity index (χ1v) is 8.49. The van der Waals surface area contributed by atoms with E-state index in [1.165, 1.54) is 7.11 Å². The van der Waals surface area contributed by atoms with E-state index in [2.05, 4.69) is 9.97 Å². The lowest BCUT2D eigenvalue weighted by atomic mass is 10.0. The molecule has 7 nitrogen and oxygen atoms in total. The summed E-state index contributed by atoms with van der Waals surface area (Å²) in [7, 11) is 1.52. The minimum absolute atomic E-state index is 0.00483. The average Bonchev–Trinajstić information content (AvgIpc) is 3.11. The summed E-state index contributed by atoms with van der Waals surface area (Å²) in [6.07, 6.45) is 4.89. The Morgan fingerprint density at radius 2 is 2.12 bits per heavy atom. The molecule has 7 heteroatoms. The van der Waals surface area contributed by atoms with Gasteiger partial charge in [0.25, 0.3) is 0 Å². The Balaban J connectivity index is 1.73. The van der Waals surface area contributed by atoms with Crippen molar-refractivity contribution in [3.8, 4) is 11.3 Å². The number of amides is 1. The Morgan fingerprint density at radius 3 is 2.88 bits per heavy atom. The van der Waals surface area contributed by atoms with Gasteiger partial charge in [0.1, 0.15) is 6.61 Å². The van der Waals surface area contributed by atoms with Gasteiger partial charge in [0.2, 0.25) is 5.91 Å². The van der Waals surface area contributed by atoms with Crippen molar-refractivity contribution in [3.63, 3.8) is 0 Å². The molecule has 1 N–H and O–H groups in total. The number of nitrogens with zero attached hydrogens (tertiary/aromatic N) is 3. The number of carboxylic acids is 1. The number of methoxy groups -OCH3 is 1. The zero-order valence-electron chi connectivity index (χ0n) is 14.6. The normalized spacial score (nSPS) is 16.7. The van der Waals surface area contributed by atoms with E-state index in [0.29, 0.717) is 30.1 Å². The molecule has 0 bridgehead atoms. The van der Waals surface area contributed by atoms with Crippen LogP contribution in [-0.2, 0) is 16.0 Å². The lowest BCUT2D eigenvalue weighted by molar-refractivity contribution is -0.134. The standard InChI is InChI=1S/C19H21N3O4/c1-26-12-18(23)22-7-6-13(11-22)8-14-9-20-10-17(21-14)15-4-2-3-5-16(15)19(24)25/h2-5,9-10,13H,6-8,11-12H2,1H3,(H,24,25). The van der Waals surface area contributed by atoms with Crippen molar-refractivity contribution in [3.05, 3.63) is 47.9 Å². The third-order valence-electron chi connectivity index (χ3n) is 4.52. The maximum Gasteiger partial charge on any atom is 0.336 e. The van der Waals surface area contributed by atoms with Crippen LogP contribution in [0.5, 0.6) is 0 Å². The first-order chi connectivity index (χ1) is 12.6. The van der Waals surface area contributed by atoms with Gasteiger partial charge < -0.3 is 14.7 Å². The van der Waals surface area contributed by atoms with Gasteiger partial charge in [-0.3, -0.25) is 9.78 Å². The highest BCUT2D eigenvalue weighted by molar-refractivity contribution is 5.95. The molecule has 1 saturated heterocycles. The minimum atomic E-state index is -0.990. The number of hydrogen-bond donors (Lipinski definition) is 1. The number of aromatic nitrogens is 2. The van der Waals surface area contributed by atoms with E-state index in [1.807, 2.05) is 4.90 Å². The minimum Gasteiger partial charge on any atom is -0.478 e. The molecular weight excluding hydrogens is 334 g/mol. The molecule has 1 fully saturated rings. The number of rotatable bonds is 6. The van der Waals surface area contributed by atoms with Crippen molar-refractivity contribution in [2.75, 3.05) is 26.8 Å². The molecule has 3 rings (SSSR count). The summed E-state index contributed by atoms with van der Waals surface area (Å²) >= 11 is 0. The van der Waals surface area contributed by atoms with Gasteiger partial charge in [0.05, 0.1) is 23.1 Å². The van der Waals surface area contributed by atoms with Crippen molar-refractivity contribution < 1.29 is 19.4 Å². The van der Waals surface area contributed by atoms with Crippen molar-refractivity contribution in [2.24, 2.45) is 5.92 Å². The van der Waals surface area contributed by atoms with Crippen LogP contribution in [0.4, 0.5) is 0 Å². The average molecular weight is 355 g/mol. The van der Waals surface area contributed by atoms with Crippen LogP contribution in [0.25, 0.3) is 11.3 Å². The quantitative estimate of drug-likeness (QED) is 0.850. The van der Waals surface area contributed by atoms with Gasteiger partial charge >= 0.3 is 5.97 Å². The Labute approximate surface area is 151 Å². The van der Waals surface area contributed by atoms with Gasteiger partial charge in [0.15, 0.2) is 0 Å². The second-order valence-corrected chi connectivity index (χ2v) is 6.38. The molecule has 1 aromatic carbocycles. The summed E-state index contributed by atoms with van der Waals surface area (Å²) in [5.74, 6) is -0.670. The molecule has 26 heavy (non-hydrogen) atoms. The number of carbonyl (C=O) groups is 2. The van der Waals surface area contributed by atoms with Gasteiger partial charge in [-0.25, -0.2) is 9.78 Å². The molecular formula is C19H21N3O4. The van der Waals surface area contributed by atoms with Crippen molar-refractivity contribution in [2.45, 2.75) is 12.8 Å². The molecule has 1 unspecified atom stereocenters. The molecule has 136 valence electrons. The molecule has 0 saturated carbocycles. The van der Waals surface area contributed by atoms with Gasteiger partial charge in [-0.1, -0.05) is 18.2 Å². The second kappa shape index (κ2) is 8.05. The molecule has 2 heterocycles. The van der Waals surface area contributed by atoms with E-state index in [-0.39, 0.29) is 18.1 Å².